The van der Waals surface area contributed by atoms with Crippen molar-refractivity contribution in [2.75, 3.05) is 46.6 Å². The average molecular weight is 218 g/mol. The normalized spacial score (nSPS) is 12.0. The van der Waals surface area contributed by atoms with Gasteiger partial charge in [-0.15, -0.1) is 0 Å². The second-order valence-corrected chi connectivity index (χ2v) is 4.53. The molecule has 0 aliphatic rings. The molecule has 0 saturated carbocycles. The largest absolute Gasteiger partial charge is 0.382 e. The lowest BCUT2D eigenvalue weighted by Gasteiger charge is -2.20. The highest BCUT2D eigenvalue weighted by Gasteiger charge is 2.06. The molecule has 0 saturated heterocycles. The van der Waals surface area contributed by atoms with Crippen LogP contribution in [0.25, 0.3) is 0 Å². The number of rotatable bonds is 9. The van der Waals surface area contributed by atoms with E-state index in [1.54, 1.807) is 7.11 Å². The standard InChI is InChI=1S/C11H26N2O2/c1-11(2,3)13-6-5-12-7-8-15-10-9-14-4/h12-13H,5-10H2,1-4H3. The molecule has 0 aromatic rings. The van der Waals surface area contributed by atoms with Gasteiger partial charge in [0.2, 0.25) is 0 Å². The predicted molar refractivity (Wildman–Crippen MR) is 63.3 cm³/mol. The Balaban J connectivity index is 2.99. The second-order valence-electron chi connectivity index (χ2n) is 4.53. The van der Waals surface area contributed by atoms with Crippen LogP contribution in [0.2, 0.25) is 0 Å². The minimum absolute atomic E-state index is 0.205. The molecule has 15 heavy (non-hydrogen) atoms. The summed E-state index contributed by atoms with van der Waals surface area (Å²) in [6.07, 6.45) is 0. The number of nitrogens with one attached hydrogen (secondary N) is 2. The summed E-state index contributed by atoms with van der Waals surface area (Å²) < 4.78 is 10.2. The van der Waals surface area contributed by atoms with Crippen molar-refractivity contribution < 1.29 is 9.47 Å². The van der Waals surface area contributed by atoms with Crippen LogP contribution < -0.4 is 10.6 Å². The van der Waals surface area contributed by atoms with Crippen molar-refractivity contribution in [1.82, 2.24) is 10.6 Å². The second kappa shape index (κ2) is 9.09. The predicted octanol–water partition coefficient (Wildman–Crippen LogP) is 0.627. The summed E-state index contributed by atoms with van der Waals surface area (Å²) in [6.45, 7) is 11.5. The van der Waals surface area contributed by atoms with Crippen LogP contribution in [0.5, 0.6) is 0 Å². The van der Waals surface area contributed by atoms with Gasteiger partial charge in [-0.05, 0) is 20.8 Å². The first-order valence-corrected chi connectivity index (χ1v) is 5.58. The molecule has 0 fully saturated rings. The summed E-state index contributed by atoms with van der Waals surface area (Å²) in [7, 11) is 1.68. The third-order valence-electron chi connectivity index (χ3n) is 1.81. The maximum atomic E-state index is 5.31. The fraction of sp³-hybridized carbons (Fsp3) is 1.00. The van der Waals surface area contributed by atoms with Crippen molar-refractivity contribution in [1.29, 1.82) is 0 Å². The Morgan fingerprint density at radius 1 is 0.933 bits per heavy atom. The Kier molecular flexibility index (Phi) is 9.00. The molecule has 0 unspecified atom stereocenters. The first kappa shape index (κ1) is 14.8. The number of methoxy groups -OCH3 is 1. The zero-order valence-corrected chi connectivity index (χ0v) is 10.6. The van der Waals surface area contributed by atoms with E-state index in [4.69, 9.17) is 9.47 Å². The van der Waals surface area contributed by atoms with Crippen LogP contribution in [0.4, 0.5) is 0 Å². The van der Waals surface area contributed by atoms with Gasteiger partial charge in [0, 0.05) is 32.3 Å². The molecule has 0 radical (unpaired) electrons. The molecule has 0 spiro atoms. The van der Waals surface area contributed by atoms with Crippen LogP contribution >= 0.6 is 0 Å². The summed E-state index contributed by atoms with van der Waals surface area (Å²) in [5, 5.41) is 6.72. The third kappa shape index (κ3) is 13.8. The van der Waals surface area contributed by atoms with E-state index < -0.39 is 0 Å². The first-order valence-electron chi connectivity index (χ1n) is 5.58. The van der Waals surface area contributed by atoms with E-state index in [0.717, 1.165) is 26.2 Å². The summed E-state index contributed by atoms with van der Waals surface area (Å²) in [5.74, 6) is 0. The van der Waals surface area contributed by atoms with Crippen LogP contribution in [-0.2, 0) is 9.47 Å². The first-order chi connectivity index (χ1) is 7.06. The van der Waals surface area contributed by atoms with E-state index in [1.165, 1.54) is 0 Å². The highest BCUT2D eigenvalue weighted by molar-refractivity contribution is 4.70. The van der Waals surface area contributed by atoms with Crippen molar-refractivity contribution in [3.63, 3.8) is 0 Å². The molecule has 4 nitrogen and oxygen atoms in total. The van der Waals surface area contributed by atoms with Crippen LogP contribution in [-0.4, -0.2) is 52.1 Å². The minimum atomic E-state index is 0.205. The molecular weight excluding hydrogens is 192 g/mol. The zero-order valence-electron chi connectivity index (χ0n) is 10.6. The third-order valence-corrected chi connectivity index (χ3v) is 1.81. The quantitative estimate of drug-likeness (QED) is 0.557. The summed E-state index contributed by atoms with van der Waals surface area (Å²) in [6, 6.07) is 0. The monoisotopic (exact) mass is 218 g/mol. The highest BCUT2D eigenvalue weighted by atomic mass is 16.5. The van der Waals surface area contributed by atoms with E-state index in [-0.39, 0.29) is 5.54 Å². The van der Waals surface area contributed by atoms with Gasteiger partial charge in [0.25, 0.3) is 0 Å². The average Bonchev–Trinajstić information content (AvgIpc) is 2.14. The van der Waals surface area contributed by atoms with Crippen LogP contribution in [0.15, 0.2) is 0 Å². The lowest BCUT2D eigenvalue weighted by Crippen LogP contribution is -2.40. The Bertz CT molecular complexity index is 135. The van der Waals surface area contributed by atoms with Gasteiger partial charge in [0.05, 0.1) is 19.8 Å². The Hall–Kier alpha value is -0.160. The molecule has 0 bridgehead atoms. The van der Waals surface area contributed by atoms with E-state index >= 15 is 0 Å². The van der Waals surface area contributed by atoms with E-state index in [1.807, 2.05) is 0 Å². The van der Waals surface area contributed by atoms with Gasteiger partial charge in [0.15, 0.2) is 0 Å². The van der Waals surface area contributed by atoms with Gasteiger partial charge < -0.3 is 20.1 Å². The smallest absolute Gasteiger partial charge is 0.0700 e. The van der Waals surface area contributed by atoms with Crippen LogP contribution in [0.3, 0.4) is 0 Å². The lowest BCUT2D eigenvalue weighted by atomic mass is 10.1. The number of ether oxygens (including phenoxy) is 2. The van der Waals surface area contributed by atoms with Crippen molar-refractivity contribution in [2.45, 2.75) is 26.3 Å². The fourth-order valence-electron chi connectivity index (χ4n) is 1.04. The summed E-state index contributed by atoms with van der Waals surface area (Å²) in [5.41, 5.74) is 0.205. The SMILES string of the molecule is COCCOCCNCCNC(C)(C)C. The van der Waals surface area contributed by atoms with Crippen LogP contribution in [0.1, 0.15) is 20.8 Å². The van der Waals surface area contributed by atoms with Gasteiger partial charge in [-0.25, -0.2) is 0 Å². The molecule has 92 valence electrons. The van der Waals surface area contributed by atoms with Gasteiger partial charge in [-0.1, -0.05) is 0 Å². The highest BCUT2D eigenvalue weighted by Crippen LogP contribution is 1.96. The maximum Gasteiger partial charge on any atom is 0.0700 e. The van der Waals surface area contributed by atoms with Gasteiger partial charge in [0.1, 0.15) is 0 Å². The van der Waals surface area contributed by atoms with Crippen molar-refractivity contribution in [3.05, 3.63) is 0 Å². The lowest BCUT2D eigenvalue weighted by molar-refractivity contribution is 0.0720. The molecule has 0 heterocycles. The van der Waals surface area contributed by atoms with Crippen molar-refractivity contribution in [2.24, 2.45) is 0 Å². The van der Waals surface area contributed by atoms with E-state index in [0.29, 0.717) is 13.2 Å². The molecule has 2 N–H and O–H groups in total. The topological polar surface area (TPSA) is 42.5 Å². The molecule has 0 aliphatic carbocycles. The molecule has 0 aromatic carbocycles. The molecule has 4 heteroatoms. The van der Waals surface area contributed by atoms with Crippen molar-refractivity contribution >= 4 is 0 Å². The Labute approximate surface area is 93.7 Å². The Morgan fingerprint density at radius 2 is 1.67 bits per heavy atom. The van der Waals surface area contributed by atoms with E-state index in [2.05, 4.69) is 31.4 Å². The summed E-state index contributed by atoms with van der Waals surface area (Å²) >= 11 is 0. The maximum absolute atomic E-state index is 5.31. The van der Waals surface area contributed by atoms with Crippen molar-refractivity contribution in [3.8, 4) is 0 Å². The van der Waals surface area contributed by atoms with E-state index in [9.17, 15) is 0 Å². The zero-order chi connectivity index (χ0) is 11.6. The van der Waals surface area contributed by atoms with Gasteiger partial charge in [-0.2, -0.15) is 0 Å². The fourth-order valence-corrected chi connectivity index (χ4v) is 1.04. The molecule has 0 aromatic heterocycles. The van der Waals surface area contributed by atoms with Gasteiger partial charge >= 0.3 is 0 Å². The molecular formula is C11H26N2O2. The summed E-state index contributed by atoms with van der Waals surface area (Å²) in [4.78, 5) is 0. The van der Waals surface area contributed by atoms with Crippen LogP contribution in [0, 0.1) is 0 Å². The minimum Gasteiger partial charge on any atom is -0.382 e. The molecule has 0 atom stereocenters. The molecule has 0 amide bonds. The number of hydrogen-bond donors (Lipinski definition) is 2. The Morgan fingerprint density at radius 3 is 2.27 bits per heavy atom. The number of hydrogen-bond acceptors (Lipinski definition) is 4. The van der Waals surface area contributed by atoms with Gasteiger partial charge in [-0.3, -0.25) is 0 Å². The molecule has 0 aliphatic heterocycles. The molecule has 0 rings (SSSR count).